The van der Waals surface area contributed by atoms with E-state index in [1.807, 2.05) is 31.2 Å². The number of pyridine rings is 1. The Kier molecular flexibility index (Phi) is 6.19. The number of rotatable bonds is 6. The van der Waals surface area contributed by atoms with Crippen LogP contribution in [0.5, 0.6) is 23.0 Å². The Labute approximate surface area is 197 Å². The SMILES string of the molecule is COc1ccc(Cn2c(C)cc3c(c2=O)C(c2ccc(OC)c(OC)c2)C(C#N)=C(N)O3)cc1. The molecule has 2 N–H and O–H groups in total. The molecule has 0 bridgehead atoms. The van der Waals surface area contributed by atoms with Crippen LogP contribution in [0.15, 0.2) is 64.8 Å². The van der Waals surface area contributed by atoms with Crippen LogP contribution in [-0.2, 0) is 6.54 Å². The standard InChI is InChI=1S/C26H25N3O5/c1-15-11-22-24(26(30)29(15)14-16-5-8-18(31-2)9-6-16)23(19(13-27)25(28)34-22)17-7-10-20(32-3)21(12-17)33-4/h5-12,23H,14,28H2,1-4H3. The molecular formula is C26H25N3O5. The third-order valence-electron chi connectivity index (χ3n) is 5.93. The maximum absolute atomic E-state index is 13.8. The molecule has 4 rings (SSSR count). The fourth-order valence-corrected chi connectivity index (χ4v) is 4.16. The third-order valence-corrected chi connectivity index (χ3v) is 5.93. The highest BCUT2D eigenvalue weighted by Gasteiger charge is 2.34. The molecule has 1 unspecified atom stereocenters. The number of hydrogen-bond donors (Lipinski definition) is 1. The summed E-state index contributed by atoms with van der Waals surface area (Å²) in [6, 6.07) is 16.7. The first-order valence-corrected chi connectivity index (χ1v) is 10.6. The minimum absolute atomic E-state index is 0.0264. The van der Waals surface area contributed by atoms with Crippen LogP contribution in [0.2, 0.25) is 0 Å². The van der Waals surface area contributed by atoms with Gasteiger partial charge in [-0.3, -0.25) is 4.79 Å². The molecule has 0 saturated heterocycles. The van der Waals surface area contributed by atoms with Gasteiger partial charge >= 0.3 is 0 Å². The van der Waals surface area contributed by atoms with E-state index in [0.29, 0.717) is 40.6 Å². The molecule has 174 valence electrons. The molecule has 0 amide bonds. The molecule has 0 aliphatic carbocycles. The van der Waals surface area contributed by atoms with Gasteiger partial charge in [-0.25, -0.2) is 0 Å². The summed E-state index contributed by atoms with van der Waals surface area (Å²) in [6.07, 6.45) is 0. The van der Waals surface area contributed by atoms with Gasteiger partial charge in [-0.1, -0.05) is 18.2 Å². The molecule has 0 saturated carbocycles. The molecule has 8 nitrogen and oxygen atoms in total. The zero-order valence-electron chi connectivity index (χ0n) is 19.4. The smallest absolute Gasteiger partial charge is 0.259 e. The second-order valence-corrected chi connectivity index (χ2v) is 7.84. The summed E-state index contributed by atoms with van der Waals surface area (Å²) in [5.74, 6) is 1.35. The first-order chi connectivity index (χ1) is 16.4. The summed E-state index contributed by atoms with van der Waals surface area (Å²) in [7, 11) is 4.67. The fourth-order valence-electron chi connectivity index (χ4n) is 4.16. The summed E-state index contributed by atoms with van der Waals surface area (Å²) < 4.78 is 23.4. The Balaban J connectivity index is 1.89. The van der Waals surface area contributed by atoms with Crippen LogP contribution < -0.4 is 30.2 Å². The molecule has 1 aromatic heterocycles. The molecule has 0 spiro atoms. The minimum atomic E-state index is -0.719. The number of aromatic nitrogens is 1. The number of hydrogen-bond acceptors (Lipinski definition) is 7. The van der Waals surface area contributed by atoms with Crippen LogP contribution in [0.1, 0.15) is 28.3 Å². The summed E-state index contributed by atoms with van der Waals surface area (Å²) in [5.41, 5.74) is 8.66. The zero-order valence-corrected chi connectivity index (χ0v) is 19.4. The second kappa shape index (κ2) is 9.24. The minimum Gasteiger partial charge on any atom is -0.497 e. The Morgan fingerprint density at radius 1 is 1.03 bits per heavy atom. The Morgan fingerprint density at radius 3 is 2.35 bits per heavy atom. The highest BCUT2D eigenvalue weighted by atomic mass is 16.5. The van der Waals surface area contributed by atoms with Gasteiger partial charge in [-0.2, -0.15) is 5.26 Å². The predicted octanol–water partition coefficient (Wildman–Crippen LogP) is 3.45. The predicted molar refractivity (Wildman–Crippen MR) is 126 cm³/mol. The van der Waals surface area contributed by atoms with Crippen molar-refractivity contribution in [2.24, 2.45) is 5.73 Å². The van der Waals surface area contributed by atoms with Crippen molar-refractivity contribution in [3.05, 3.63) is 92.7 Å². The number of ether oxygens (including phenoxy) is 4. The Hall–Kier alpha value is -4.38. The van der Waals surface area contributed by atoms with E-state index >= 15 is 0 Å². The van der Waals surface area contributed by atoms with E-state index in [1.165, 1.54) is 7.11 Å². The van der Waals surface area contributed by atoms with E-state index in [2.05, 4.69) is 6.07 Å². The number of nitrogens with two attached hydrogens (primary N) is 1. The number of nitriles is 1. The van der Waals surface area contributed by atoms with Crippen LogP contribution in [0.25, 0.3) is 0 Å². The first kappa shape index (κ1) is 22.8. The van der Waals surface area contributed by atoms with Gasteiger partial charge in [0.15, 0.2) is 11.5 Å². The van der Waals surface area contributed by atoms with Crippen LogP contribution in [-0.4, -0.2) is 25.9 Å². The Bertz CT molecular complexity index is 1370. The van der Waals surface area contributed by atoms with Crippen molar-refractivity contribution in [1.82, 2.24) is 4.57 Å². The van der Waals surface area contributed by atoms with Crippen molar-refractivity contribution >= 4 is 0 Å². The van der Waals surface area contributed by atoms with Crippen LogP contribution in [0.4, 0.5) is 0 Å². The maximum Gasteiger partial charge on any atom is 0.259 e. The van der Waals surface area contributed by atoms with Crippen molar-refractivity contribution in [3.8, 4) is 29.1 Å². The van der Waals surface area contributed by atoms with Gasteiger partial charge in [-0.05, 0) is 42.3 Å². The lowest BCUT2D eigenvalue weighted by atomic mass is 9.84. The highest BCUT2D eigenvalue weighted by molar-refractivity contribution is 5.57. The number of methoxy groups -OCH3 is 3. The van der Waals surface area contributed by atoms with Gasteiger partial charge in [0, 0.05) is 11.8 Å². The van der Waals surface area contributed by atoms with Gasteiger partial charge in [0.1, 0.15) is 23.1 Å². The van der Waals surface area contributed by atoms with E-state index in [4.69, 9.17) is 24.7 Å². The normalized spacial score (nSPS) is 14.6. The lowest BCUT2D eigenvalue weighted by molar-refractivity contribution is 0.354. The van der Waals surface area contributed by atoms with Crippen LogP contribution >= 0.6 is 0 Å². The van der Waals surface area contributed by atoms with Crippen molar-refractivity contribution in [1.29, 1.82) is 5.26 Å². The van der Waals surface area contributed by atoms with Crippen molar-refractivity contribution in [3.63, 3.8) is 0 Å². The third kappa shape index (κ3) is 3.92. The van der Waals surface area contributed by atoms with Gasteiger partial charge in [0.2, 0.25) is 5.88 Å². The number of benzene rings is 2. The molecule has 1 atom stereocenters. The fraction of sp³-hybridized carbons (Fsp3) is 0.231. The average Bonchev–Trinajstić information content (AvgIpc) is 2.85. The van der Waals surface area contributed by atoms with Gasteiger partial charge < -0.3 is 29.2 Å². The van der Waals surface area contributed by atoms with E-state index in [-0.39, 0.29) is 17.0 Å². The van der Waals surface area contributed by atoms with E-state index in [0.717, 1.165) is 11.3 Å². The summed E-state index contributed by atoms with van der Waals surface area (Å²) >= 11 is 0. The molecular weight excluding hydrogens is 434 g/mol. The molecule has 1 aliphatic rings. The monoisotopic (exact) mass is 459 g/mol. The largest absolute Gasteiger partial charge is 0.497 e. The van der Waals surface area contributed by atoms with Gasteiger partial charge in [0.05, 0.1) is 39.4 Å². The lowest BCUT2D eigenvalue weighted by Gasteiger charge is -2.27. The molecule has 0 radical (unpaired) electrons. The van der Waals surface area contributed by atoms with Crippen LogP contribution in [0.3, 0.4) is 0 Å². The number of nitrogens with zero attached hydrogens (tertiary/aromatic N) is 2. The topological polar surface area (TPSA) is 109 Å². The molecule has 2 heterocycles. The zero-order chi connectivity index (χ0) is 24.4. The molecule has 2 aromatic carbocycles. The number of allylic oxidation sites excluding steroid dienone is 1. The van der Waals surface area contributed by atoms with E-state index in [1.54, 1.807) is 43.1 Å². The van der Waals surface area contributed by atoms with Crippen molar-refractivity contribution in [2.45, 2.75) is 19.4 Å². The number of aryl methyl sites for hydroxylation is 1. The molecule has 3 aromatic rings. The molecule has 1 aliphatic heterocycles. The van der Waals surface area contributed by atoms with E-state index < -0.39 is 5.92 Å². The summed E-state index contributed by atoms with van der Waals surface area (Å²) in [5, 5.41) is 9.90. The Morgan fingerprint density at radius 2 is 1.74 bits per heavy atom. The molecule has 8 heteroatoms. The van der Waals surface area contributed by atoms with Crippen molar-refractivity contribution < 1.29 is 18.9 Å². The number of fused-ring (bicyclic) bond motifs is 1. The second-order valence-electron chi connectivity index (χ2n) is 7.84. The summed E-state index contributed by atoms with van der Waals surface area (Å²) in [4.78, 5) is 13.8. The van der Waals surface area contributed by atoms with Crippen LogP contribution in [0, 0.1) is 18.3 Å². The average molecular weight is 460 g/mol. The maximum atomic E-state index is 13.8. The molecule has 34 heavy (non-hydrogen) atoms. The van der Waals surface area contributed by atoms with Crippen molar-refractivity contribution in [2.75, 3.05) is 21.3 Å². The lowest BCUT2D eigenvalue weighted by Crippen LogP contribution is -2.33. The molecule has 0 fully saturated rings. The van der Waals surface area contributed by atoms with Gasteiger partial charge in [0.25, 0.3) is 5.56 Å². The highest BCUT2D eigenvalue weighted by Crippen LogP contribution is 2.42. The summed E-state index contributed by atoms with van der Waals surface area (Å²) in [6.45, 7) is 2.18. The first-order valence-electron chi connectivity index (χ1n) is 10.6. The van der Waals surface area contributed by atoms with E-state index in [9.17, 15) is 10.1 Å². The van der Waals surface area contributed by atoms with Gasteiger partial charge in [-0.15, -0.1) is 0 Å². The quantitative estimate of drug-likeness (QED) is 0.601.